The molecule has 0 aliphatic carbocycles. The third-order valence-electron chi connectivity index (χ3n) is 3.89. The van der Waals surface area contributed by atoms with Gasteiger partial charge in [-0.25, -0.2) is 4.98 Å². The van der Waals surface area contributed by atoms with Crippen LogP contribution < -0.4 is 11.5 Å². The Bertz CT molecular complexity index is 383. The van der Waals surface area contributed by atoms with E-state index in [1.807, 2.05) is 12.1 Å². The van der Waals surface area contributed by atoms with Crippen molar-refractivity contribution in [2.75, 3.05) is 18.8 Å². The number of rotatable bonds is 3. The molecule has 0 bridgehead atoms. The molecule has 4 nitrogen and oxygen atoms in total. The smallest absolute Gasteiger partial charge is 0.128 e. The lowest BCUT2D eigenvalue weighted by molar-refractivity contribution is 0.124. The Kier molecular flexibility index (Phi) is 3.35. The third-order valence-corrected chi connectivity index (χ3v) is 3.89. The average Bonchev–Trinajstić information content (AvgIpc) is 2.83. The molecule has 2 rings (SSSR count). The summed E-state index contributed by atoms with van der Waals surface area (Å²) in [4.78, 5) is 6.57. The predicted molar refractivity (Wildman–Crippen MR) is 70.5 cm³/mol. The van der Waals surface area contributed by atoms with E-state index in [4.69, 9.17) is 11.5 Å². The topological polar surface area (TPSA) is 68.2 Å². The van der Waals surface area contributed by atoms with Crippen molar-refractivity contribution >= 4 is 5.82 Å². The quantitative estimate of drug-likeness (QED) is 0.832. The Morgan fingerprint density at radius 1 is 1.35 bits per heavy atom. The summed E-state index contributed by atoms with van der Waals surface area (Å²) in [5.74, 6) is 0.548. The second kappa shape index (κ2) is 4.63. The van der Waals surface area contributed by atoms with Crippen molar-refractivity contribution < 1.29 is 0 Å². The van der Waals surface area contributed by atoms with Crippen LogP contribution in [0.25, 0.3) is 0 Å². The van der Waals surface area contributed by atoms with Crippen LogP contribution in [-0.4, -0.2) is 28.5 Å². The van der Waals surface area contributed by atoms with Gasteiger partial charge in [0.1, 0.15) is 5.82 Å². The van der Waals surface area contributed by atoms with Crippen molar-refractivity contribution in [1.82, 2.24) is 9.88 Å². The molecule has 17 heavy (non-hydrogen) atoms. The highest BCUT2D eigenvalue weighted by atomic mass is 15.2. The molecular formula is C13H22N4. The Labute approximate surface area is 103 Å². The first-order chi connectivity index (χ1) is 8.03. The number of anilines is 1. The summed E-state index contributed by atoms with van der Waals surface area (Å²) in [7, 11) is 0. The molecule has 1 atom stereocenters. The van der Waals surface area contributed by atoms with Crippen LogP contribution in [0, 0.1) is 0 Å². The number of hydrogen-bond donors (Lipinski definition) is 2. The first kappa shape index (κ1) is 12.3. The third kappa shape index (κ3) is 2.28. The summed E-state index contributed by atoms with van der Waals surface area (Å²) in [6.45, 7) is 6.63. The highest BCUT2D eigenvalue weighted by Gasteiger charge is 2.36. The fraction of sp³-hybridized carbons (Fsp3) is 0.615. The minimum Gasteiger partial charge on any atom is -0.383 e. The van der Waals surface area contributed by atoms with E-state index in [1.165, 1.54) is 12.8 Å². The zero-order valence-electron chi connectivity index (χ0n) is 10.7. The summed E-state index contributed by atoms with van der Waals surface area (Å²) in [6.07, 6.45) is 4.23. The molecule has 1 aliphatic rings. The van der Waals surface area contributed by atoms with Crippen molar-refractivity contribution in [3.8, 4) is 0 Å². The minimum absolute atomic E-state index is 0.0757. The van der Waals surface area contributed by atoms with Gasteiger partial charge in [-0.3, -0.25) is 4.90 Å². The molecule has 0 spiro atoms. The van der Waals surface area contributed by atoms with Gasteiger partial charge < -0.3 is 11.5 Å². The van der Waals surface area contributed by atoms with Gasteiger partial charge in [-0.2, -0.15) is 0 Å². The van der Waals surface area contributed by atoms with E-state index in [1.54, 1.807) is 6.20 Å². The maximum absolute atomic E-state index is 6.39. The molecule has 4 heteroatoms. The van der Waals surface area contributed by atoms with Gasteiger partial charge >= 0.3 is 0 Å². The van der Waals surface area contributed by atoms with Crippen molar-refractivity contribution in [3.63, 3.8) is 0 Å². The Hall–Kier alpha value is -1.13. The lowest BCUT2D eigenvalue weighted by Crippen LogP contribution is -2.50. The number of nitrogen functional groups attached to an aromatic ring is 1. The fourth-order valence-electron chi connectivity index (χ4n) is 2.56. The van der Waals surface area contributed by atoms with Crippen LogP contribution in [0.15, 0.2) is 18.3 Å². The maximum atomic E-state index is 6.39. The molecule has 2 heterocycles. The number of hydrogen-bond acceptors (Lipinski definition) is 4. The second-order valence-electron chi connectivity index (χ2n) is 5.30. The van der Waals surface area contributed by atoms with Gasteiger partial charge in [0.15, 0.2) is 0 Å². The summed E-state index contributed by atoms with van der Waals surface area (Å²) >= 11 is 0. The van der Waals surface area contributed by atoms with Crippen LogP contribution in [0.2, 0.25) is 0 Å². The molecule has 0 amide bonds. The summed E-state index contributed by atoms with van der Waals surface area (Å²) in [6, 6.07) is 3.77. The Morgan fingerprint density at radius 2 is 2.00 bits per heavy atom. The number of nitrogens with zero attached hydrogens (tertiary/aromatic N) is 2. The largest absolute Gasteiger partial charge is 0.383 e. The molecule has 0 aromatic carbocycles. The SMILES string of the molecule is CC(C)(C(N)c1cccnc1N)N1CCCC1. The average molecular weight is 234 g/mol. The Morgan fingerprint density at radius 3 is 2.59 bits per heavy atom. The van der Waals surface area contributed by atoms with Gasteiger partial charge in [0.05, 0.1) is 6.04 Å². The number of pyridine rings is 1. The Balaban J connectivity index is 2.24. The second-order valence-corrected chi connectivity index (χ2v) is 5.30. The van der Waals surface area contributed by atoms with Crippen LogP contribution in [0.1, 0.15) is 38.3 Å². The zero-order valence-corrected chi connectivity index (χ0v) is 10.7. The van der Waals surface area contributed by atoms with Crippen LogP contribution in [0.4, 0.5) is 5.82 Å². The van der Waals surface area contributed by atoms with E-state index in [9.17, 15) is 0 Å². The van der Waals surface area contributed by atoms with Crippen molar-refractivity contribution in [2.45, 2.75) is 38.3 Å². The lowest BCUT2D eigenvalue weighted by atomic mass is 9.88. The van der Waals surface area contributed by atoms with Crippen molar-refractivity contribution in [3.05, 3.63) is 23.9 Å². The summed E-state index contributed by atoms with van der Waals surface area (Å²) in [5, 5.41) is 0. The van der Waals surface area contributed by atoms with Gasteiger partial charge in [0.2, 0.25) is 0 Å². The fourth-order valence-corrected chi connectivity index (χ4v) is 2.56. The molecule has 1 saturated heterocycles. The first-order valence-electron chi connectivity index (χ1n) is 6.24. The molecule has 94 valence electrons. The molecule has 1 aliphatic heterocycles. The number of aromatic nitrogens is 1. The number of likely N-dealkylation sites (tertiary alicyclic amines) is 1. The molecule has 0 saturated carbocycles. The standard InChI is InChI=1S/C13H22N4/c1-13(2,17-8-3-4-9-17)11(14)10-6-5-7-16-12(10)15/h5-7,11H,3-4,8-9,14H2,1-2H3,(H2,15,16). The molecular weight excluding hydrogens is 212 g/mol. The monoisotopic (exact) mass is 234 g/mol. The van der Waals surface area contributed by atoms with Gasteiger partial charge in [0, 0.05) is 17.3 Å². The van der Waals surface area contributed by atoms with Gasteiger partial charge in [-0.05, 0) is 45.8 Å². The first-order valence-corrected chi connectivity index (χ1v) is 6.24. The zero-order chi connectivity index (χ0) is 12.5. The predicted octanol–water partition coefficient (Wildman–Crippen LogP) is 1.54. The van der Waals surface area contributed by atoms with Gasteiger partial charge in [-0.1, -0.05) is 6.07 Å². The minimum atomic E-state index is -0.103. The summed E-state index contributed by atoms with van der Waals surface area (Å²) in [5.41, 5.74) is 13.2. The van der Waals surface area contributed by atoms with E-state index in [0.29, 0.717) is 5.82 Å². The molecule has 1 aromatic heterocycles. The maximum Gasteiger partial charge on any atom is 0.128 e. The van der Waals surface area contributed by atoms with Crippen LogP contribution >= 0.6 is 0 Å². The molecule has 4 N–H and O–H groups in total. The summed E-state index contributed by atoms with van der Waals surface area (Å²) < 4.78 is 0. The van der Waals surface area contributed by atoms with E-state index in [2.05, 4.69) is 23.7 Å². The van der Waals surface area contributed by atoms with Crippen molar-refractivity contribution in [1.29, 1.82) is 0 Å². The van der Waals surface area contributed by atoms with Crippen LogP contribution in [0.5, 0.6) is 0 Å². The van der Waals surface area contributed by atoms with Gasteiger partial charge in [-0.15, -0.1) is 0 Å². The highest BCUT2D eigenvalue weighted by Crippen LogP contribution is 2.33. The van der Waals surface area contributed by atoms with E-state index in [0.717, 1.165) is 18.7 Å². The van der Waals surface area contributed by atoms with Crippen molar-refractivity contribution in [2.24, 2.45) is 5.73 Å². The van der Waals surface area contributed by atoms with Gasteiger partial charge in [0.25, 0.3) is 0 Å². The van der Waals surface area contributed by atoms with E-state index < -0.39 is 0 Å². The number of nitrogens with two attached hydrogens (primary N) is 2. The molecule has 0 radical (unpaired) electrons. The van der Waals surface area contributed by atoms with E-state index in [-0.39, 0.29) is 11.6 Å². The highest BCUT2D eigenvalue weighted by molar-refractivity contribution is 5.42. The molecule has 1 aromatic rings. The normalized spacial score (nSPS) is 19.5. The molecule has 1 fully saturated rings. The lowest BCUT2D eigenvalue weighted by Gasteiger charge is -2.40. The molecule has 1 unspecified atom stereocenters. The van der Waals surface area contributed by atoms with Crippen LogP contribution in [0.3, 0.4) is 0 Å². The van der Waals surface area contributed by atoms with Crippen LogP contribution in [-0.2, 0) is 0 Å². The van der Waals surface area contributed by atoms with E-state index >= 15 is 0 Å².